The molecule has 132 valence electrons. The lowest BCUT2D eigenvalue weighted by atomic mass is 10.1. The molecule has 1 amide bonds. The number of amides is 1. The van der Waals surface area contributed by atoms with Crippen molar-refractivity contribution < 1.29 is 18.7 Å². The summed E-state index contributed by atoms with van der Waals surface area (Å²) < 4.78 is 17.2. The van der Waals surface area contributed by atoms with Gasteiger partial charge in [0.25, 0.3) is 5.91 Å². The minimum atomic E-state index is -0.0438. The Morgan fingerprint density at radius 1 is 1.32 bits per heavy atom. The molecule has 3 heterocycles. The molecular weight excluding hydrogens is 320 g/mol. The van der Waals surface area contributed by atoms with E-state index in [-0.39, 0.29) is 18.1 Å². The van der Waals surface area contributed by atoms with Gasteiger partial charge in [-0.3, -0.25) is 4.79 Å². The first kappa shape index (κ1) is 16.1. The third kappa shape index (κ3) is 3.39. The maximum Gasteiger partial charge on any atom is 0.289 e. The second-order valence-corrected chi connectivity index (χ2v) is 6.70. The van der Waals surface area contributed by atoms with Crippen LogP contribution in [-0.2, 0) is 4.74 Å². The first-order valence-corrected chi connectivity index (χ1v) is 8.73. The molecule has 0 radical (unpaired) electrons. The molecule has 6 heteroatoms. The highest BCUT2D eigenvalue weighted by molar-refractivity contribution is 5.92. The lowest BCUT2D eigenvalue weighted by molar-refractivity contribution is -0.0457. The van der Waals surface area contributed by atoms with Crippen molar-refractivity contribution in [3.8, 4) is 5.88 Å². The molecule has 0 N–H and O–H groups in total. The van der Waals surface area contributed by atoms with Crippen molar-refractivity contribution in [3.63, 3.8) is 0 Å². The number of furan rings is 1. The van der Waals surface area contributed by atoms with E-state index in [0.29, 0.717) is 37.3 Å². The largest absolute Gasteiger partial charge is 0.477 e. The molecule has 2 aromatic rings. The number of hydrogen-bond donors (Lipinski definition) is 0. The molecule has 2 fully saturated rings. The fourth-order valence-electron chi connectivity index (χ4n) is 3.77. The molecule has 0 aromatic carbocycles. The number of hydrogen-bond acceptors (Lipinski definition) is 5. The van der Waals surface area contributed by atoms with Crippen molar-refractivity contribution in [3.05, 3.63) is 48.0 Å². The average molecular weight is 342 g/mol. The third-order valence-corrected chi connectivity index (χ3v) is 4.95. The van der Waals surface area contributed by atoms with E-state index in [0.717, 1.165) is 18.6 Å². The fraction of sp³-hybridized carbons (Fsp3) is 0.474. The number of morpholine rings is 1. The lowest BCUT2D eigenvalue weighted by Crippen LogP contribution is -2.51. The molecule has 6 nitrogen and oxygen atoms in total. The van der Waals surface area contributed by atoms with E-state index in [1.54, 1.807) is 12.3 Å². The smallest absolute Gasteiger partial charge is 0.289 e. The molecule has 1 aliphatic carbocycles. The first-order valence-electron chi connectivity index (χ1n) is 8.73. The Kier molecular flexibility index (Phi) is 4.44. The number of fused-ring (bicyclic) bond motifs is 1. The Hall–Kier alpha value is -2.34. The summed E-state index contributed by atoms with van der Waals surface area (Å²) >= 11 is 0. The van der Waals surface area contributed by atoms with E-state index in [2.05, 4.69) is 4.98 Å². The number of nitrogens with zero attached hydrogens (tertiary/aromatic N) is 2. The Morgan fingerprint density at radius 3 is 3.00 bits per heavy atom. The van der Waals surface area contributed by atoms with Gasteiger partial charge in [-0.25, -0.2) is 4.98 Å². The summed E-state index contributed by atoms with van der Waals surface area (Å²) in [6.07, 6.45) is 3.58. The van der Waals surface area contributed by atoms with E-state index < -0.39 is 0 Å². The standard InChI is InChI=1S/C19H22N2O4/c1-13-5-6-16(25-13)19(22)21-8-9-23-17-11-14(10-15(17)21)12-24-18-4-2-3-7-20-18/h2-7,14-15,17H,8-12H2,1H3/t14-,15-,17-/m0/s1. The Bertz CT molecular complexity index is 730. The van der Waals surface area contributed by atoms with E-state index in [1.807, 2.05) is 36.1 Å². The molecule has 2 aliphatic rings. The van der Waals surface area contributed by atoms with Crippen LogP contribution in [0.4, 0.5) is 0 Å². The van der Waals surface area contributed by atoms with Crippen molar-refractivity contribution in [2.24, 2.45) is 5.92 Å². The molecule has 0 spiro atoms. The quantitative estimate of drug-likeness (QED) is 0.855. The Labute approximate surface area is 146 Å². The minimum absolute atomic E-state index is 0.0438. The topological polar surface area (TPSA) is 64.8 Å². The zero-order chi connectivity index (χ0) is 17.2. The van der Waals surface area contributed by atoms with Crippen LogP contribution in [0.25, 0.3) is 0 Å². The second kappa shape index (κ2) is 6.88. The highest BCUT2D eigenvalue weighted by Crippen LogP contribution is 2.35. The van der Waals surface area contributed by atoms with Crippen LogP contribution in [-0.4, -0.2) is 47.7 Å². The number of carbonyl (C=O) groups is 1. The van der Waals surface area contributed by atoms with Crippen LogP contribution in [0, 0.1) is 12.8 Å². The Balaban J connectivity index is 1.40. The molecular formula is C19H22N2O4. The summed E-state index contributed by atoms with van der Waals surface area (Å²) in [6, 6.07) is 9.29. The molecule has 2 aromatic heterocycles. The summed E-state index contributed by atoms with van der Waals surface area (Å²) in [6.45, 7) is 3.61. The van der Waals surface area contributed by atoms with Gasteiger partial charge in [0.05, 0.1) is 25.4 Å². The van der Waals surface area contributed by atoms with Gasteiger partial charge >= 0.3 is 0 Å². The van der Waals surface area contributed by atoms with Gasteiger partial charge in [0.1, 0.15) is 5.76 Å². The maximum atomic E-state index is 12.8. The van der Waals surface area contributed by atoms with E-state index in [4.69, 9.17) is 13.9 Å². The van der Waals surface area contributed by atoms with E-state index >= 15 is 0 Å². The molecule has 25 heavy (non-hydrogen) atoms. The molecule has 1 saturated heterocycles. The van der Waals surface area contributed by atoms with Crippen molar-refractivity contribution in [1.82, 2.24) is 9.88 Å². The van der Waals surface area contributed by atoms with Crippen molar-refractivity contribution in [2.75, 3.05) is 19.8 Å². The van der Waals surface area contributed by atoms with Crippen LogP contribution in [0.15, 0.2) is 40.9 Å². The van der Waals surface area contributed by atoms with Crippen molar-refractivity contribution >= 4 is 5.91 Å². The highest BCUT2D eigenvalue weighted by atomic mass is 16.5. The molecule has 0 unspecified atom stereocenters. The second-order valence-electron chi connectivity index (χ2n) is 6.70. The number of aromatic nitrogens is 1. The molecule has 1 saturated carbocycles. The summed E-state index contributed by atoms with van der Waals surface area (Å²) in [5.74, 6) is 2.10. The number of aryl methyl sites for hydroxylation is 1. The van der Waals surface area contributed by atoms with Gasteiger partial charge in [0.15, 0.2) is 5.76 Å². The number of carbonyl (C=O) groups excluding carboxylic acids is 1. The normalized spacial score (nSPS) is 25.6. The van der Waals surface area contributed by atoms with Crippen molar-refractivity contribution in [1.29, 1.82) is 0 Å². The van der Waals surface area contributed by atoms with Gasteiger partial charge in [-0.1, -0.05) is 6.07 Å². The summed E-state index contributed by atoms with van der Waals surface area (Å²) in [5.41, 5.74) is 0. The van der Waals surface area contributed by atoms with E-state index in [1.165, 1.54) is 0 Å². The monoisotopic (exact) mass is 342 g/mol. The van der Waals surface area contributed by atoms with Crippen LogP contribution < -0.4 is 4.74 Å². The molecule has 3 atom stereocenters. The average Bonchev–Trinajstić information content (AvgIpc) is 3.26. The zero-order valence-corrected chi connectivity index (χ0v) is 14.3. The van der Waals surface area contributed by atoms with Crippen LogP contribution in [0.2, 0.25) is 0 Å². The molecule has 4 rings (SSSR count). The van der Waals surface area contributed by atoms with Gasteiger partial charge < -0.3 is 18.8 Å². The SMILES string of the molecule is Cc1ccc(C(=O)N2CCO[C@H]3C[C@@H](COc4ccccn4)C[C@@H]32)o1. The summed E-state index contributed by atoms with van der Waals surface area (Å²) in [7, 11) is 0. The van der Waals surface area contributed by atoms with Crippen LogP contribution in [0.5, 0.6) is 5.88 Å². The fourth-order valence-corrected chi connectivity index (χ4v) is 3.77. The van der Waals surface area contributed by atoms with Gasteiger partial charge in [-0.15, -0.1) is 0 Å². The minimum Gasteiger partial charge on any atom is -0.477 e. The van der Waals surface area contributed by atoms with Gasteiger partial charge in [0.2, 0.25) is 5.88 Å². The maximum absolute atomic E-state index is 12.8. The number of pyridine rings is 1. The zero-order valence-electron chi connectivity index (χ0n) is 14.3. The van der Waals surface area contributed by atoms with Crippen LogP contribution >= 0.6 is 0 Å². The third-order valence-electron chi connectivity index (χ3n) is 4.95. The lowest BCUT2D eigenvalue weighted by Gasteiger charge is -2.37. The van der Waals surface area contributed by atoms with Crippen LogP contribution in [0.3, 0.4) is 0 Å². The number of rotatable bonds is 4. The number of ether oxygens (including phenoxy) is 2. The van der Waals surface area contributed by atoms with Crippen LogP contribution in [0.1, 0.15) is 29.2 Å². The van der Waals surface area contributed by atoms with Gasteiger partial charge in [-0.05, 0) is 43.9 Å². The molecule has 1 aliphatic heterocycles. The van der Waals surface area contributed by atoms with Crippen molar-refractivity contribution in [2.45, 2.75) is 31.9 Å². The Morgan fingerprint density at radius 2 is 2.24 bits per heavy atom. The van der Waals surface area contributed by atoms with Gasteiger partial charge in [0, 0.05) is 18.8 Å². The summed E-state index contributed by atoms with van der Waals surface area (Å²) in [4.78, 5) is 18.9. The predicted octanol–water partition coefficient (Wildman–Crippen LogP) is 2.68. The summed E-state index contributed by atoms with van der Waals surface area (Å²) in [5, 5.41) is 0. The highest BCUT2D eigenvalue weighted by Gasteiger charge is 2.43. The first-order chi connectivity index (χ1) is 12.2. The molecule has 0 bridgehead atoms. The predicted molar refractivity (Wildman–Crippen MR) is 90.5 cm³/mol. The van der Waals surface area contributed by atoms with Gasteiger partial charge in [-0.2, -0.15) is 0 Å². The van der Waals surface area contributed by atoms with E-state index in [9.17, 15) is 4.79 Å².